The van der Waals surface area contributed by atoms with Crippen LogP contribution in [0.1, 0.15) is 25.3 Å². The second-order valence-corrected chi connectivity index (χ2v) is 10.7. The molecule has 32 heavy (non-hydrogen) atoms. The molecule has 0 unspecified atom stereocenters. The lowest BCUT2D eigenvalue weighted by Crippen LogP contribution is -2.33. The third kappa shape index (κ3) is 4.61. The number of hydrogen-bond acceptors (Lipinski definition) is 7. The molecule has 1 aliphatic rings. The topological polar surface area (TPSA) is 106 Å². The van der Waals surface area contributed by atoms with E-state index in [0.717, 1.165) is 27.9 Å². The van der Waals surface area contributed by atoms with Crippen LogP contribution in [0.4, 0.5) is 10.8 Å². The molecule has 0 saturated heterocycles. The van der Waals surface area contributed by atoms with E-state index in [4.69, 9.17) is 4.74 Å². The fourth-order valence-electron chi connectivity index (χ4n) is 3.71. The number of methoxy groups -OCH3 is 1. The molecular weight excluding hydrogens is 450 g/mol. The van der Waals surface area contributed by atoms with Gasteiger partial charge in [-0.25, -0.2) is 13.4 Å². The molecule has 1 aromatic heterocycles. The highest BCUT2D eigenvalue weighted by Crippen LogP contribution is 2.31. The van der Waals surface area contributed by atoms with Crippen molar-refractivity contribution in [3.05, 3.63) is 42.0 Å². The molecule has 0 aliphatic carbocycles. The van der Waals surface area contributed by atoms with Crippen LogP contribution in [-0.4, -0.2) is 44.6 Å². The van der Waals surface area contributed by atoms with Crippen molar-refractivity contribution < 1.29 is 22.7 Å². The van der Waals surface area contributed by atoms with Crippen molar-refractivity contribution in [1.29, 1.82) is 0 Å². The highest BCUT2D eigenvalue weighted by molar-refractivity contribution is 7.91. The van der Waals surface area contributed by atoms with Gasteiger partial charge in [-0.15, -0.1) is 0 Å². The Morgan fingerprint density at radius 2 is 2.03 bits per heavy atom. The summed E-state index contributed by atoms with van der Waals surface area (Å²) in [6, 6.07) is 10.2. The van der Waals surface area contributed by atoms with E-state index in [1.807, 2.05) is 6.07 Å². The van der Waals surface area contributed by atoms with Crippen molar-refractivity contribution in [3.63, 3.8) is 0 Å². The van der Waals surface area contributed by atoms with Gasteiger partial charge in [-0.3, -0.25) is 9.59 Å². The highest BCUT2D eigenvalue weighted by atomic mass is 32.2. The van der Waals surface area contributed by atoms with Gasteiger partial charge in [0, 0.05) is 25.6 Å². The lowest BCUT2D eigenvalue weighted by Gasteiger charge is -2.28. The summed E-state index contributed by atoms with van der Waals surface area (Å²) in [5, 5.41) is 3.09. The van der Waals surface area contributed by atoms with Crippen LogP contribution in [0.5, 0.6) is 5.75 Å². The molecule has 1 N–H and O–H groups in total. The molecule has 0 fully saturated rings. The fraction of sp³-hybridized carbons (Fsp3) is 0.318. The number of rotatable bonds is 6. The number of hydrogen-bond donors (Lipinski definition) is 1. The predicted octanol–water partition coefficient (Wildman–Crippen LogP) is 3.41. The smallest absolute Gasteiger partial charge is 0.227 e. The maximum atomic E-state index is 12.8. The second kappa shape index (κ2) is 8.87. The third-order valence-electron chi connectivity index (χ3n) is 5.35. The van der Waals surface area contributed by atoms with Crippen LogP contribution < -0.4 is 15.0 Å². The van der Waals surface area contributed by atoms with Crippen LogP contribution in [-0.2, 0) is 25.8 Å². The number of anilines is 2. The largest absolute Gasteiger partial charge is 0.497 e. The molecule has 4 rings (SSSR count). The Hall–Kier alpha value is -2.98. The van der Waals surface area contributed by atoms with E-state index in [0.29, 0.717) is 23.8 Å². The summed E-state index contributed by atoms with van der Waals surface area (Å²) < 4.78 is 31.7. The molecule has 0 saturated carbocycles. The Kier molecular flexibility index (Phi) is 6.16. The molecule has 8 nitrogen and oxygen atoms in total. The number of nitrogens with one attached hydrogen (secondary N) is 1. The van der Waals surface area contributed by atoms with Crippen molar-refractivity contribution in [3.8, 4) is 5.75 Å². The van der Waals surface area contributed by atoms with Gasteiger partial charge >= 0.3 is 0 Å². The zero-order chi connectivity index (χ0) is 22.9. The van der Waals surface area contributed by atoms with E-state index >= 15 is 0 Å². The zero-order valence-corrected chi connectivity index (χ0v) is 19.4. The molecule has 0 bridgehead atoms. The average Bonchev–Trinajstić information content (AvgIpc) is 3.18. The summed E-state index contributed by atoms with van der Waals surface area (Å²) in [5.74, 6) is -0.0966. The number of carbonyl (C=O) groups excluding carboxylic acids is 2. The molecule has 168 valence electrons. The highest BCUT2D eigenvalue weighted by Gasteiger charge is 2.23. The number of ether oxygens (including phenoxy) is 1. The predicted molar refractivity (Wildman–Crippen MR) is 124 cm³/mol. The van der Waals surface area contributed by atoms with Gasteiger partial charge in [0.2, 0.25) is 11.8 Å². The van der Waals surface area contributed by atoms with Gasteiger partial charge in [0.25, 0.3) is 0 Å². The van der Waals surface area contributed by atoms with Gasteiger partial charge < -0.3 is 15.0 Å². The van der Waals surface area contributed by atoms with Crippen LogP contribution in [0.3, 0.4) is 0 Å². The first kappa shape index (κ1) is 22.2. The van der Waals surface area contributed by atoms with Gasteiger partial charge in [0.05, 0.1) is 28.0 Å². The molecule has 2 heterocycles. The molecule has 0 radical (unpaired) electrons. The van der Waals surface area contributed by atoms with Crippen LogP contribution >= 0.6 is 11.3 Å². The number of sulfone groups is 1. The first-order valence-corrected chi connectivity index (χ1v) is 12.6. The van der Waals surface area contributed by atoms with E-state index in [9.17, 15) is 18.0 Å². The van der Waals surface area contributed by atoms with E-state index in [-0.39, 0.29) is 23.0 Å². The second-order valence-electron chi connectivity index (χ2n) is 7.53. The number of thiazole rings is 1. The molecule has 0 atom stereocenters. The van der Waals surface area contributed by atoms with E-state index in [1.54, 1.807) is 36.3 Å². The third-order valence-corrected chi connectivity index (χ3v) is 8.00. The number of aromatic nitrogens is 1. The molecule has 0 spiro atoms. The Morgan fingerprint density at radius 3 is 2.78 bits per heavy atom. The minimum Gasteiger partial charge on any atom is -0.497 e. The van der Waals surface area contributed by atoms with Crippen LogP contribution in [0.2, 0.25) is 0 Å². The van der Waals surface area contributed by atoms with Gasteiger partial charge in [0.1, 0.15) is 5.75 Å². The van der Waals surface area contributed by atoms with Crippen LogP contribution in [0, 0.1) is 0 Å². The number of nitrogens with zero attached hydrogens (tertiary/aromatic N) is 2. The monoisotopic (exact) mass is 473 g/mol. The maximum absolute atomic E-state index is 12.8. The Morgan fingerprint density at radius 1 is 1.22 bits per heavy atom. The SMILES string of the molecule is COc1ccc2nc(NC(=O)CCS(=O)(=O)c3ccc4c(c3)CCCN4C(C)=O)sc2c1. The lowest BCUT2D eigenvalue weighted by atomic mass is 10.0. The molecule has 3 aromatic rings. The Bertz CT molecular complexity index is 1300. The number of carbonyl (C=O) groups is 2. The summed E-state index contributed by atoms with van der Waals surface area (Å²) in [7, 11) is -2.07. The maximum Gasteiger partial charge on any atom is 0.227 e. The minimum absolute atomic E-state index is 0.0634. The summed E-state index contributed by atoms with van der Waals surface area (Å²) in [4.78, 5) is 30.4. The summed E-state index contributed by atoms with van der Waals surface area (Å²) in [5.41, 5.74) is 2.32. The van der Waals surface area contributed by atoms with Gasteiger partial charge in [-0.1, -0.05) is 11.3 Å². The first-order chi connectivity index (χ1) is 15.3. The van der Waals surface area contributed by atoms with Crippen molar-refractivity contribution in [2.75, 3.05) is 29.6 Å². The van der Waals surface area contributed by atoms with E-state index < -0.39 is 15.7 Å². The summed E-state index contributed by atoms with van der Waals surface area (Å²) in [6.45, 7) is 2.13. The molecular formula is C22H23N3O5S2. The fourth-order valence-corrected chi connectivity index (χ4v) is 5.90. The van der Waals surface area contributed by atoms with E-state index in [2.05, 4.69) is 10.3 Å². The van der Waals surface area contributed by atoms with Crippen LogP contribution in [0.25, 0.3) is 10.2 Å². The lowest BCUT2D eigenvalue weighted by molar-refractivity contribution is -0.117. The van der Waals surface area contributed by atoms with Gasteiger partial charge in [-0.2, -0.15) is 0 Å². The van der Waals surface area contributed by atoms with Gasteiger partial charge in [0.15, 0.2) is 15.0 Å². The van der Waals surface area contributed by atoms with Crippen molar-refractivity contribution in [2.24, 2.45) is 0 Å². The van der Waals surface area contributed by atoms with Crippen LogP contribution in [0.15, 0.2) is 41.3 Å². The first-order valence-electron chi connectivity index (χ1n) is 10.1. The average molecular weight is 474 g/mol. The van der Waals surface area contributed by atoms with Gasteiger partial charge in [-0.05, 0) is 54.8 Å². The molecule has 1 aliphatic heterocycles. The summed E-state index contributed by atoms with van der Waals surface area (Å²) in [6.07, 6.45) is 1.32. The van der Waals surface area contributed by atoms with Crippen molar-refractivity contribution in [1.82, 2.24) is 4.98 Å². The van der Waals surface area contributed by atoms with Crippen molar-refractivity contribution in [2.45, 2.75) is 31.1 Å². The Balaban J connectivity index is 1.43. The quantitative estimate of drug-likeness (QED) is 0.588. The normalized spacial score (nSPS) is 13.6. The Labute approximate surface area is 190 Å². The number of fused-ring (bicyclic) bond motifs is 2. The molecule has 2 aromatic carbocycles. The number of amides is 2. The van der Waals surface area contributed by atoms with Crippen molar-refractivity contribution >= 4 is 54.0 Å². The summed E-state index contributed by atoms with van der Waals surface area (Å²) >= 11 is 1.30. The number of aryl methyl sites for hydroxylation is 1. The zero-order valence-electron chi connectivity index (χ0n) is 17.8. The molecule has 2 amide bonds. The van der Waals surface area contributed by atoms with E-state index in [1.165, 1.54) is 24.3 Å². The molecule has 10 heteroatoms. The number of benzene rings is 2. The minimum atomic E-state index is -3.65. The standard InChI is InChI=1S/C22H23N3O5S2/c1-14(26)25-10-3-4-15-12-17(6-8-19(15)25)32(28,29)11-9-21(27)24-22-23-18-7-5-16(30-2)13-20(18)31-22/h5-8,12-13H,3-4,9-11H2,1-2H3,(H,23,24,27).